The molecule has 0 heterocycles. The first-order valence-electron chi connectivity index (χ1n) is 14.2. The van der Waals surface area contributed by atoms with E-state index in [1.807, 2.05) is 48.5 Å². The lowest BCUT2D eigenvalue weighted by atomic mass is 10.0. The van der Waals surface area contributed by atoms with Crippen molar-refractivity contribution in [1.82, 2.24) is 10.2 Å². The number of hydrogen-bond acceptors (Lipinski definition) is 4. The molecule has 3 aromatic carbocycles. The molecule has 1 atom stereocenters. The monoisotopic (exact) mass is 629 g/mol. The molecule has 0 spiro atoms. The highest BCUT2D eigenvalue weighted by Gasteiger charge is 2.32. The zero-order valence-electron chi connectivity index (χ0n) is 23.7. The first-order chi connectivity index (χ1) is 20.1. The van der Waals surface area contributed by atoms with E-state index in [1.54, 1.807) is 35.2 Å². The molecule has 42 heavy (non-hydrogen) atoms. The van der Waals surface area contributed by atoms with Gasteiger partial charge in [-0.1, -0.05) is 90.6 Å². The van der Waals surface area contributed by atoms with Crippen LogP contribution in [-0.2, 0) is 32.6 Å². The molecule has 4 rings (SSSR count). The van der Waals surface area contributed by atoms with Crippen LogP contribution in [0.2, 0.25) is 10.0 Å². The summed E-state index contributed by atoms with van der Waals surface area (Å²) in [5, 5.41) is 4.12. The Morgan fingerprint density at radius 2 is 1.64 bits per heavy atom. The molecule has 1 fully saturated rings. The lowest BCUT2D eigenvalue weighted by molar-refractivity contribution is -0.141. The molecule has 0 radical (unpaired) electrons. The van der Waals surface area contributed by atoms with Gasteiger partial charge in [-0.05, 0) is 54.7 Å². The van der Waals surface area contributed by atoms with Crippen molar-refractivity contribution in [3.8, 4) is 0 Å². The van der Waals surface area contributed by atoms with Gasteiger partial charge in [0.2, 0.25) is 21.8 Å². The van der Waals surface area contributed by atoms with Gasteiger partial charge in [-0.25, -0.2) is 8.42 Å². The largest absolute Gasteiger partial charge is 0.352 e. The predicted molar refractivity (Wildman–Crippen MR) is 169 cm³/mol. The van der Waals surface area contributed by atoms with E-state index in [-0.39, 0.29) is 43.8 Å². The van der Waals surface area contributed by atoms with Crippen molar-refractivity contribution in [2.45, 2.75) is 63.6 Å². The molecule has 3 aromatic rings. The summed E-state index contributed by atoms with van der Waals surface area (Å²) in [4.78, 5) is 29.4. The van der Waals surface area contributed by atoms with Crippen LogP contribution in [0, 0.1) is 0 Å². The number of sulfonamides is 1. The molecule has 1 saturated carbocycles. The fourth-order valence-corrected chi connectivity index (χ4v) is 6.70. The highest BCUT2D eigenvalue weighted by Crippen LogP contribution is 2.25. The maximum atomic E-state index is 14.0. The van der Waals surface area contributed by atoms with Crippen LogP contribution in [0.1, 0.15) is 49.7 Å². The van der Waals surface area contributed by atoms with Crippen LogP contribution in [0.4, 0.5) is 5.69 Å². The Bertz CT molecular complexity index is 1460. The lowest BCUT2D eigenvalue weighted by Crippen LogP contribution is -2.52. The van der Waals surface area contributed by atoms with Gasteiger partial charge in [0.05, 0.1) is 11.9 Å². The Kier molecular flexibility index (Phi) is 11.3. The van der Waals surface area contributed by atoms with E-state index in [1.165, 1.54) is 4.31 Å². The van der Waals surface area contributed by atoms with E-state index < -0.39 is 16.1 Å². The number of benzene rings is 3. The molecule has 0 unspecified atom stereocenters. The fraction of sp³-hybridized carbons (Fsp3) is 0.375. The number of rotatable bonds is 13. The number of amides is 2. The van der Waals surface area contributed by atoms with E-state index >= 15 is 0 Å². The zero-order chi connectivity index (χ0) is 30.1. The third-order valence-electron chi connectivity index (χ3n) is 7.52. The van der Waals surface area contributed by atoms with Crippen molar-refractivity contribution in [1.29, 1.82) is 0 Å². The quantitative estimate of drug-likeness (QED) is 0.242. The number of carbonyl (C=O) groups is 2. The third kappa shape index (κ3) is 8.96. The van der Waals surface area contributed by atoms with Crippen molar-refractivity contribution < 1.29 is 18.0 Å². The molecule has 0 saturated heterocycles. The zero-order valence-corrected chi connectivity index (χ0v) is 26.0. The Morgan fingerprint density at radius 3 is 2.31 bits per heavy atom. The molecule has 7 nitrogen and oxygen atoms in total. The summed E-state index contributed by atoms with van der Waals surface area (Å²) < 4.78 is 26.5. The Balaban J connectivity index is 1.59. The van der Waals surface area contributed by atoms with E-state index in [2.05, 4.69) is 5.32 Å². The average Bonchev–Trinajstić information content (AvgIpc) is 3.46. The van der Waals surface area contributed by atoms with Crippen molar-refractivity contribution in [3.63, 3.8) is 0 Å². The minimum absolute atomic E-state index is 0.0407. The minimum Gasteiger partial charge on any atom is -0.352 e. The molecule has 0 bridgehead atoms. The van der Waals surface area contributed by atoms with E-state index in [4.69, 9.17) is 23.2 Å². The van der Waals surface area contributed by atoms with Crippen LogP contribution in [0.25, 0.3) is 0 Å². The third-order valence-corrected chi connectivity index (χ3v) is 9.32. The van der Waals surface area contributed by atoms with Crippen LogP contribution < -0.4 is 9.62 Å². The average molecular weight is 631 g/mol. The Labute approximate surface area is 258 Å². The second-order valence-corrected chi connectivity index (χ2v) is 13.5. The molecule has 0 aliphatic heterocycles. The standard InChI is InChI=1S/C32H37Cl2N3O4S/c1-42(40,41)37(28-17-9-14-26(33)22-28)20-10-19-31(38)36(23-25-13-5-8-18-29(25)34)30(21-24-11-3-2-4-12-24)32(39)35-27-15-6-7-16-27/h2-5,8-9,11-14,17-18,22,27,30H,6-7,10,15-16,19-21,23H2,1H3,(H,35,39)/t30-/m1/s1. The van der Waals surface area contributed by atoms with Crippen LogP contribution >= 0.6 is 23.2 Å². The molecule has 1 aliphatic carbocycles. The number of hydrogen-bond donors (Lipinski definition) is 1. The number of anilines is 1. The van der Waals surface area contributed by atoms with Gasteiger partial charge >= 0.3 is 0 Å². The van der Waals surface area contributed by atoms with Crippen LogP contribution in [0.15, 0.2) is 78.9 Å². The van der Waals surface area contributed by atoms with Crippen LogP contribution in [0.5, 0.6) is 0 Å². The summed E-state index contributed by atoms with van der Waals surface area (Å²) in [6.07, 6.45) is 5.75. The van der Waals surface area contributed by atoms with Crippen molar-refractivity contribution in [2.75, 3.05) is 17.1 Å². The molecule has 10 heteroatoms. The summed E-state index contributed by atoms with van der Waals surface area (Å²) >= 11 is 12.6. The van der Waals surface area contributed by atoms with Crippen molar-refractivity contribution in [3.05, 3.63) is 100 Å². The number of carbonyl (C=O) groups excluding carboxylic acids is 2. The highest BCUT2D eigenvalue weighted by molar-refractivity contribution is 7.92. The molecular weight excluding hydrogens is 593 g/mol. The van der Waals surface area contributed by atoms with E-state index in [0.29, 0.717) is 22.2 Å². The predicted octanol–water partition coefficient (Wildman–Crippen LogP) is 6.24. The summed E-state index contributed by atoms with van der Waals surface area (Å²) in [6, 6.07) is 22.8. The molecule has 2 amide bonds. The second-order valence-electron chi connectivity index (χ2n) is 10.7. The van der Waals surface area contributed by atoms with Gasteiger partial charge in [0.15, 0.2) is 0 Å². The van der Waals surface area contributed by atoms with Gasteiger partial charge in [0.1, 0.15) is 6.04 Å². The van der Waals surface area contributed by atoms with Gasteiger partial charge in [-0.3, -0.25) is 13.9 Å². The van der Waals surface area contributed by atoms with Crippen molar-refractivity contribution >= 4 is 50.7 Å². The molecule has 1 aliphatic rings. The van der Waals surface area contributed by atoms with E-state index in [0.717, 1.165) is 43.1 Å². The lowest BCUT2D eigenvalue weighted by Gasteiger charge is -2.33. The van der Waals surface area contributed by atoms with Gasteiger partial charge in [0.25, 0.3) is 0 Å². The first kappa shape index (κ1) is 31.9. The van der Waals surface area contributed by atoms with Crippen LogP contribution in [0.3, 0.4) is 0 Å². The summed E-state index contributed by atoms with van der Waals surface area (Å²) in [5.41, 5.74) is 2.10. The summed E-state index contributed by atoms with van der Waals surface area (Å²) in [6.45, 7) is 0.237. The number of nitrogens with one attached hydrogen (secondary N) is 1. The topological polar surface area (TPSA) is 86.8 Å². The molecule has 1 N–H and O–H groups in total. The normalized spacial score (nSPS) is 14.4. The van der Waals surface area contributed by atoms with E-state index in [9.17, 15) is 18.0 Å². The Hall–Kier alpha value is -3.07. The molecule has 0 aromatic heterocycles. The maximum absolute atomic E-state index is 14.0. The van der Waals surface area contributed by atoms with Gasteiger partial charge in [0, 0.05) is 42.0 Å². The van der Waals surface area contributed by atoms with Gasteiger partial charge < -0.3 is 10.2 Å². The first-order valence-corrected chi connectivity index (χ1v) is 16.8. The maximum Gasteiger partial charge on any atom is 0.243 e. The number of halogens is 2. The second kappa shape index (κ2) is 14.9. The number of nitrogens with zero attached hydrogens (tertiary/aromatic N) is 2. The SMILES string of the molecule is CS(=O)(=O)N(CCCC(=O)N(Cc1ccccc1Cl)[C@H](Cc1ccccc1)C(=O)NC1CCCC1)c1cccc(Cl)c1. The molecular formula is C32H37Cl2N3O4S. The fourth-order valence-electron chi connectivity index (χ4n) is 5.37. The molecule has 224 valence electrons. The minimum atomic E-state index is -3.62. The Morgan fingerprint density at radius 1 is 0.952 bits per heavy atom. The smallest absolute Gasteiger partial charge is 0.243 e. The highest BCUT2D eigenvalue weighted by atomic mass is 35.5. The van der Waals surface area contributed by atoms with Crippen molar-refractivity contribution in [2.24, 2.45) is 0 Å². The van der Waals surface area contributed by atoms with Gasteiger partial charge in [-0.15, -0.1) is 0 Å². The summed E-state index contributed by atoms with van der Waals surface area (Å²) in [5.74, 6) is -0.445. The van der Waals surface area contributed by atoms with Gasteiger partial charge in [-0.2, -0.15) is 0 Å². The van der Waals surface area contributed by atoms with Crippen LogP contribution in [-0.4, -0.2) is 50.0 Å². The summed E-state index contributed by atoms with van der Waals surface area (Å²) in [7, 11) is -3.62.